The van der Waals surface area contributed by atoms with E-state index in [0.29, 0.717) is 0 Å². The molecule has 80 valence electrons. The number of hydrogen-bond donors (Lipinski definition) is 1. The van der Waals surface area contributed by atoms with Crippen LogP contribution in [0.5, 0.6) is 0 Å². The molecular formula is C10H17NO3. The van der Waals surface area contributed by atoms with Crippen LogP contribution in [0, 0.1) is 0 Å². The van der Waals surface area contributed by atoms with Crippen molar-refractivity contribution in [2.75, 3.05) is 0 Å². The Bertz CT molecular complexity index is 195. The summed E-state index contributed by atoms with van der Waals surface area (Å²) in [5, 5.41) is 2.88. The lowest BCUT2D eigenvalue weighted by Gasteiger charge is -2.28. The van der Waals surface area contributed by atoms with Crippen LogP contribution in [0.1, 0.15) is 39.5 Å². The zero-order chi connectivity index (χ0) is 10.6. The summed E-state index contributed by atoms with van der Waals surface area (Å²) in [5.74, 6) is -0.200. The summed E-state index contributed by atoms with van der Waals surface area (Å²) in [6, 6.07) is 0.263. The van der Waals surface area contributed by atoms with Crippen LogP contribution in [0.15, 0.2) is 0 Å². The molecule has 0 radical (unpaired) electrons. The SMILES string of the molecule is CC(=O)NC1CCC(OC(C)=O)CC1. The Morgan fingerprint density at radius 3 is 2.14 bits per heavy atom. The van der Waals surface area contributed by atoms with Crippen molar-refractivity contribution < 1.29 is 14.3 Å². The minimum atomic E-state index is -0.215. The molecule has 0 aromatic rings. The van der Waals surface area contributed by atoms with Crippen molar-refractivity contribution in [3.63, 3.8) is 0 Å². The second-order valence-corrected chi connectivity index (χ2v) is 3.78. The van der Waals surface area contributed by atoms with E-state index in [2.05, 4.69) is 5.32 Å². The van der Waals surface area contributed by atoms with Crippen LogP contribution in [0.4, 0.5) is 0 Å². The largest absolute Gasteiger partial charge is 0.463 e. The summed E-state index contributed by atoms with van der Waals surface area (Å²) in [4.78, 5) is 21.5. The van der Waals surface area contributed by atoms with Crippen molar-refractivity contribution in [2.24, 2.45) is 0 Å². The highest BCUT2D eigenvalue weighted by atomic mass is 16.5. The molecule has 0 aromatic heterocycles. The molecule has 0 aromatic carbocycles. The molecule has 4 nitrogen and oxygen atoms in total. The van der Waals surface area contributed by atoms with E-state index in [1.54, 1.807) is 0 Å². The molecule has 1 amide bonds. The quantitative estimate of drug-likeness (QED) is 0.675. The summed E-state index contributed by atoms with van der Waals surface area (Å²) in [6.45, 7) is 2.96. The number of nitrogens with one attached hydrogen (secondary N) is 1. The summed E-state index contributed by atoms with van der Waals surface area (Å²) in [5.41, 5.74) is 0. The molecule has 4 heteroatoms. The summed E-state index contributed by atoms with van der Waals surface area (Å²) in [7, 11) is 0. The molecule has 0 bridgehead atoms. The van der Waals surface area contributed by atoms with Crippen molar-refractivity contribution >= 4 is 11.9 Å². The minimum absolute atomic E-state index is 0.0148. The third kappa shape index (κ3) is 3.77. The smallest absolute Gasteiger partial charge is 0.302 e. The van der Waals surface area contributed by atoms with Gasteiger partial charge < -0.3 is 10.1 Å². The van der Waals surface area contributed by atoms with Gasteiger partial charge in [-0.25, -0.2) is 0 Å². The highest BCUT2D eigenvalue weighted by Crippen LogP contribution is 2.21. The first-order valence-electron chi connectivity index (χ1n) is 5.02. The van der Waals surface area contributed by atoms with Crippen molar-refractivity contribution in [3.05, 3.63) is 0 Å². The summed E-state index contributed by atoms with van der Waals surface area (Å²) in [6.07, 6.45) is 3.56. The van der Waals surface area contributed by atoms with E-state index in [4.69, 9.17) is 4.74 Å². The Hall–Kier alpha value is -1.06. The molecule has 0 atom stereocenters. The van der Waals surface area contributed by atoms with Gasteiger partial charge in [0.2, 0.25) is 5.91 Å². The van der Waals surface area contributed by atoms with E-state index in [1.807, 2.05) is 0 Å². The minimum Gasteiger partial charge on any atom is -0.463 e. The standard InChI is InChI=1S/C10H17NO3/c1-7(12)11-9-3-5-10(6-4-9)14-8(2)13/h9-10H,3-6H2,1-2H3,(H,11,12). The number of esters is 1. The van der Waals surface area contributed by atoms with Gasteiger partial charge >= 0.3 is 5.97 Å². The number of carbonyl (C=O) groups is 2. The zero-order valence-electron chi connectivity index (χ0n) is 8.71. The average Bonchev–Trinajstić information content (AvgIpc) is 2.06. The number of carbonyl (C=O) groups excluding carboxylic acids is 2. The van der Waals surface area contributed by atoms with Gasteiger partial charge in [-0.05, 0) is 25.7 Å². The van der Waals surface area contributed by atoms with E-state index in [9.17, 15) is 9.59 Å². The van der Waals surface area contributed by atoms with Crippen LogP contribution in [-0.2, 0) is 14.3 Å². The molecule has 0 spiro atoms. The van der Waals surface area contributed by atoms with Crippen LogP contribution in [0.2, 0.25) is 0 Å². The maximum Gasteiger partial charge on any atom is 0.302 e. The Labute approximate surface area is 84.0 Å². The van der Waals surface area contributed by atoms with E-state index in [0.717, 1.165) is 25.7 Å². The van der Waals surface area contributed by atoms with E-state index in [-0.39, 0.29) is 24.0 Å². The maximum absolute atomic E-state index is 10.8. The molecule has 0 heterocycles. The van der Waals surface area contributed by atoms with Crippen molar-refractivity contribution in [3.8, 4) is 0 Å². The van der Waals surface area contributed by atoms with Gasteiger partial charge in [0.1, 0.15) is 6.10 Å². The van der Waals surface area contributed by atoms with Crippen LogP contribution in [0.25, 0.3) is 0 Å². The van der Waals surface area contributed by atoms with Crippen LogP contribution in [0.3, 0.4) is 0 Å². The van der Waals surface area contributed by atoms with Gasteiger partial charge in [-0.1, -0.05) is 0 Å². The monoisotopic (exact) mass is 199 g/mol. The first-order chi connectivity index (χ1) is 6.58. The first-order valence-corrected chi connectivity index (χ1v) is 5.02. The van der Waals surface area contributed by atoms with Gasteiger partial charge in [0.25, 0.3) is 0 Å². The second kappa shape index (κ2) is 4.98. The lowest BCUT2D eigenvalue weighted by atomic mass is 9.93. The van der Waals surface area contributed by atoms with Crippen molar-refractivity contribution in [1.82, 2.24) is 5.32 Å². The molecule has 0 saturated heterocycles. The average molecular weight is 199 g/mol. The molecular weight excluding hydrogens is 182 g/mol. The normalized spacial score (nSPS) is 26.7. The van der Waals surface area contributed by atoms with E-state index < -0.39 is 0 Å². The molecule has 1 saturated carbocycles. The lowest BCUT2D eigenvalue weighted by molar-refractivity contribution is -0.148. The molecule has 1 aliphatic rings. The molecule has 1 aliphatic carbocycles. The molecule has 14 heavy (non-hydrogen) atoms. The van der Waals surface area contributed by atoms with Crippen molar-refractivity contribution in [1.29, 1.82) is 0 Å². The van der Waals surface area contributed by atoms with Gasteiger partial charge in [-0.15, -0.1) is 0 Å². The fourth-order valence-electron chi connectivity index (χ4n) is 1.85. The number of ether oxygens (including phenoxy) is 1. The third-order valence-electron chi connectivity index (χ3n) is 2.41. The van der Waals surface area contributed by atoms with Gasteiger partial charge in [-0.2, -0.15) is 0 Å². The predicted octanol–water partition coefficient (Wildman–Crippen LogP) is 0.997. The topological polar surface area (TPSA) is 55.4 Å². The number of amides is 1. The van der Waals surface area contributed by atoms with Crippen LogP contribution >= 0.6 is 0 Å². The van der Waals surface area contributed by atoms with E-state index in [1.165, 1.54) is 13.8 Å². The zero-order valence-corrected chi connectivity index (χ0v) is 8.71. The third-order valence-corrected chi connectivity index (χ3v) is 2.41. The molecule has 1 N–H and O–H groups in total. The lowest BCUT2D eigenvalue weighted by Crippen LogP contribution is -2.38. The number of rotatable bonds is 2. The Kier molecular flexibility index (Phi) is 3.92. The Morgan fingerprint density at radius 2 is 1.71 bits per heavy atom. The summed E-state index contributed by atoms with van der Waals surface area (Å²) >= 11 is 0. The van der Waals surface area contributed by atoms with Gasteiger partial charge in [0.05, 0.1) is 0 Å². The van der Waals surface area contributed by atoms with Gasteiger partial charge in [-0.3, -0.25) is 9.59 Å². The number of hydrogen-bond acceptors (Lipinski definition) is 3. The Balaban J connectivity index is 2.24. The van der Waals surface area contributed by atoms with Gasteiger partial charge in [0.15, 0.2) is 0 Å². The summed E-state index contributed by atoms with van der Waals surface area (Å²) < 4.78 is 5.09. The van der Waals surface area contributed by atoms with Gasteiger partial charge in [0, 0.05) is 19.9 Å². The second-order valence-electron chi connectivity index (χ2n) is 3.78. The highest BCUT2D eigenvalue weighted by molar-refractivity contribution is 5.73. The molecule has 1 rings (SSSR count). The fourth-order valence-corrected chi connectivity index (χ4v) is 1.85. The fraction of sp³-hybridized carbons (Fsp3) is 0.800. The first kappa shape index (κ1) is 11.0. The predicted molar refractivity (Wildman–Crippen MR) is 51.6 cm³/mol. The van der Waals surface area contributed by atoms with Crippen LogP contribution < -0.4 is 5.32 Å². The maximum atomic E-state index is 10.8. The Morgan fingerprint density at radius 1 is 1.14 bits per heavy atom. The molecule has 0 unspecified atom stereocenters. The van der Waals surface area contributed by atoms with E-state index >= 15 is 0 Å². The molecule has 1 fully saturated rings. The van der Waals surface area contributed by atoms with Crippen molar-refractivity contribution in [2.45, 2.75) is 51.7 Å². The highest BCUT2D eigenvalue weighted by Gasteiger charge is 2.23. The molecule has 0 aliphatic heterocycles. The van der Waals surface area contributed by atoms with Crippen LogP contribution in [-0.4, -0.2) is 24.0 Å².